The molecule has 1 fully saturated rings. The highest BCUT2D eigenvalue weighted by molar-refractivity contribution is 7.93. The highest BCUT2D eigenvalue weighted by Gasteiger charge is 2.38. The highest BCUT2D eigenvalue weighted by atomic mass is 35.5. The molecular weight excluding hydrogens is 521 g/mol. The van der Waals surface area contributed by atoms with E-state index in [0.717, 1.165) is 24.2 Å². The minimum atomic E-state index is -4.18. The predicted molar refractivity (Wildman–Crippen MR) is 131 cm³/mol. The van der Waals surface area contributed by atoms with Crippen molar-refractivity contribution < 1.29 is 27.8 Å². The van der Waals surface area contributed by atoms with Gasteiger partial charge in [0.15, 0.2) is 11.5 Å². The van der Waals surface area contributed by atoms with E-state index in [1.807, 2.05) is 0 Å². The van der Waals surface area contributed by atoms with E-state index in [4.69, 9.17) is 32.7 Å². The summed E-state index contributed by atoms with van der Waals surface area (Å²) in [5, 5.41) is 10.3. The van der Waals surface area contributed by atoms with E-state index in [2.05, 4.69) is 0 Å². The largest absolute Gasteiger partial charge is 0.477 e. The topological polar surface area (TPSA) is 93.1 Å². The summed E-state index contributed by atoms with van der Waals surface area (Å²) in [7, 11) is -4.18. The third kappa shape index (κ3) is 4.11. The molecule has 2 aliphatic rings. The van der Waals surface area contributed by atoms with Crippen LogP contribution in [0.5, 0.6) is 11.5 Å². The van der Waals surface area contributed by atoms with Crippen LogP contribution in [0.15, 0.2) is 47.4 Å². The Morgan fingerprint density at radius 3 is 2.47 bits per heavy atom. The van der Waals surface area contributed by atoms with Crippen LogP contribution in [0.4, 0.5) is 5.69 Å². The number of benzene rings is 2. The summed E-state index contributed by atoms with van der Waals surface area (Å²) in [6, 6.07) is 10.7. The molecule has 34 heavy (non-hydrogen) atoms. The first kappa shape index (κ1) is 23.3. The fourth-order valence-electron chi connectivity index (χ4n) is 4.34. The van der Waals surface area contributed by atoms with Gasteiger partial charge in [0.25, 0.3) is 10.0 Å². The standard InChI is InChI=1S/C23H19Cl2NO6S2/c24-14-6-8-21(16(25)10-14)34(29,30)26(15-3-1-2-4-15)17-11-20(33-22(17)23(27)28)13-5-7-18-19(9-13)32-12-31-18/h5-11,15H,1-4,12H2,(H,27,28). The van der Waals surface area contributed by atoms with Crippen LogP contribution in [0.3, 0.4) is 0 Å². The lowest BCUT2D eigenvalue weighted by Gasteiger charge is -2.30. The molecule has 1 aromatic heterocycles. The van der Waals surface area contributed by atoms with Crippen molar-refractivity contribution in [3.05, 3.63) is 57.4 Å². The van der Waals surface area contributed by atoms with Crippen LogP contribution in [-0.2, 0) is 10.0 Å². The molecule has 3 aromatic rings. The van der Waals surface area contributed by atoms with Gasteiger partial charge in [-0.1, -0.05) is 36.0 Å². The van der Waals surface area contributed by atoms with Crippen molar-refractivity contribution in [1.29, 1.82) is 0 Å². The van der Waals surface area contributed by atoms with Crippen molar-refractivity contribution in [3.8, 4) is 21.9 Å². The maximum Gasteiger partial charge on any atom is 0.348 e. The SMILES string of the molecule is O=C(O)c1sc(-c2ccc3c(c2)OCO3)cc1N(C1CCCC1)S(=O)(=O)c1ccc(Cl)cc1Cl. The molecule has 0 bridgehead atoms. The first-order valence-corrected chi connectivity index (χ1v) is 13.5. The number of ether oxygens (including phenoxy) is 2. The number of rotatable bonds is 6. The number of carboxylic acid groups (broad SMARTS) is 1. The van der Waals surface area contributed by atoms with Crippen LogP contribution >= 0.6 is 34.5 Å². The normalized spacial score (nSPS) is 15.6. The summed E-state index contributed by atoms with van der Waals surface area (Å²) in [6.07, 6.45) is 2.95. The molecule has 0 spiro atoms. The number of sulfonamides is 1. The van der Waals surface area contributed by atoms with Crippen molar-refractivity contribution >= 4 is 56.2 Å². The average Bonchev–Trinajstić information content (AvgIpc) is 3.54. The van der Waals surface area contributed by atoms with Gasteiger partial charge >= 0.3 is 5.97 Å². The molecule has 1 saturated carbocycles. The van der Waals surface area contributed by atoms with Crippen molar-refractivity contribution in [2.24, 2.45) is 0 Å². The maximum absolute atomic E-state index is 13.9. The molecule has 2 aromatic carbocycles. The molecule has 2 heterocycles. The zero-order valence-corrected chi connectivity index (χ0v) is 20.8. The predicted octanol–water partition coefficient (Wildman–Crippen LogP) is 6.29. The number of hydrogen-bond donors (Lipinski definition) is 1. The van der Waals surface area contributed by atoms with Gasteiger partial charge in [-0.15, -0.1) is 11.3 Å². The zero-order valence-electron chi connectivity index (χ0n) is 17.7. The van der Waals surface area contributed by atoms with Gasteiger partial charge in [0.05, 0.1) is 10.7 Å². The molecule has 1 aliphatic heterocycles. The summed E-state index contributed by atoms with van der Waals surface area (Å²) in [4.78, 5) is 12.7. The number of halogens is 2. The van der Waals surface area contributed by atoms with E-state index >= 15 is 0 Å². The molecule has 11 heteroatoms. The molecule has 0 amide bonds. The summed E-state index contributed by atoms with van der Waals surface area (Å²) >= 11 is 13.3. The minimum absolute atomic E-state index is 0.0152. The Hall–Kier alpha value is -2.46. The third-order valence-corrected chi connectivity index (χ3v) is 9.63. The van der Waals surface area contributed by atoms with E-state index in [1.54, 1.807) is 24.3 Å². The van der Waals surface area contributed by atoms with Crippen LogP contribution in [-0.4, -0.2) is 32.3 Å². The lowest BCUT2D eigenvalue weighted by Crippen LogP contribution is -2.39. The molecule has 1 aliphatic carbocycles. The number of carbonyl (C=O) groups is 1. The second-order valence-electron chi connectivity index (χ2n) is 8.01. The van der Waals surface area contributed by atoms with Crippen molar-refractivity contribution in [1.82, 2.24) is 0 Å². The van der Waals surface area contributed by atoms with E-state index in [-0.39, 0.29) is 33.3 Å². The lowest BCUT2D eigenvalue weighted by atomic mass is 10.1. The monoisotopic (exact) mass is 539 g/mol. The molecule has 0 saturated heterocycles. The van der Waals surface area contributed by atoms with Gasteiger partial charge in [0.1, 0.15) is 9.77 Å². The Labute approximate surface area is 210 Å². The fraction of sp³-hybridized carbons (Fsp3) is 0.261. The lowest BCUT2D eigenvalue weighted by molar-refractivity contribution is 0.0703. The molecule has 178 valence electrons. The van der Waals surface area contributed by atoms with Crippen molar-refractivity contribution in [2.75, 3.05) is 11.1 Å². The number of nitrogens with zero attached hydrogens (tertiary/aromatic N) is 1. The van der Waals surface area contributed by atoms with Crippen molar-refractivity contribution in [3.63, 3.8) is 0 Å². The number of hydrogen-bond acceptors (Lipinski definition) is 6. The first-order chi connectivity index (χ1) is 16.3. The van der Waals surface area contributed by atoms with Gasteiger partial charge < -0.3 is 14.6 Å². The number of carboxylic acids is 1. The molecule has 0 unspecified atom stereocenters. The van der Waals surface area contributed by atoms with E-state index in [1.165, 1.54) is 22.5 Å². The molecular formula is C23H19Cl2NO6S2. The third-order valence-electron chi connectivity index (χ3n) is 5.89. The van der Waals surface area contributed by atoms with Gasteiger partial charge in [0, 0.05) is 15.9 Å². The fourth-order valence-corrected chi connectivity index (χ4v) is 7.85. The molecule has 5 rings (SSSR count). The zero-order chi connectivity index (χ0) is 24.0. The molecule has 1 N–H and O–H groups in total. The van der Waals surface area contributed by atoms with E-state index in [9.17, 15) is 18.3 Å². The molecule has 7 nitrogen and oxygen atoms in total. The average molecular weight is 540 g/mol. The maximum atomic E-state index is 13.9. The van der Waals surface area contributed by atoms with Crippen LogP contribution < -0.4 is 13.8 Å². The van der Waals surface area contributed by atoms with Gasteiger partial charge in [-0.2, -0.15) is 0 Å². The second kappa shape index (κ2) is 8.96. The first-order valence-electron chi connectivity index (χ1n) is 10.5. The van der Waals surface area contributed by atoms with Crippen LogP contribution in [0.25, 0.3) is 10.4 Å². The molecule has 0 radical (unpaired) electrons. The summed E-state index contributed by atoms with van der Waals surface area (Å²) in [6.45, 7) is 0.115. The number of thiophene rings is 1. The highest BCUT2D eigenvalue weighted by Crippen LogP contribution is 2.45. The van der Waals surface area contributed by atoms with Gasteiger partial charge in [-0.3, -0.25) is 4.31 Å². The molecule has 0 atom stereocenters. The van der Waals surface area contributed by atoms with Gasteiger partial charge in [0.2, 0.25) is 6.79 Å². The Morgan fingerprint density at radius 1 is 1.03 bits per heavy atom. The van der Waals surface area contributed by atoms with Crippen LogP contribution in [0.1, 0.15) is 35.4 Å². The summed E-state index contributed by atoms with van der Waals surface area (Å²) < 4.78 is 39.8. The van der Waals surface area contributed by atoms with E-state index < -0.39 is 16.0 Å². The van der Waals surface area contributed by atoms with E-state index in [0.29, 0.717) is 39.8 Å². The van der Waals surface area contributed by atoms with Gasteiger partial charge in [-0.25, -0.2) is 13.2 Å². The Morgan fingerprint density at radius 2 is 1.76 bits per heavy atom. The smallest absolute Gasteiger partial charge is 0.348 e. The number of anilines is 1. The Kier molecular flexibility index (Phi) is 6.14. The Bertz CT molecular complexity index is 1380. The van der Waals surface area contributed by atoms with Crippen molar-refractivity contribution in [2.45, 2.75) is 36.6 Å². The van der Waals surface area contributed by atoms with Crippen LogP contribution in [0.2, 0.25) is 10.0 Å². The summed E-state index contributed by atoms with van der Waals surface area (Å²) in [5.41, 5.74) is 0.833. The Balaban J connectivity index is 1.66. The van der Waals surface area contributed by atoms with Crippen LogP contribution in [0, 0.1) is 0 Å². The quantitative estimate of drug-likeness (QED) is 0.395. The van der Waals surface area contributed by atoms with Gasteiger partial charge in [-0.05, 0) is 60.9 Å². The minimum Gasteiger partial charge on any atom is -0.477 e. The second-order valence-corrected chi connectivity index (χ2v) is 11.7. The summed E-state index contributed by atoms with van der Waals surface area (Å²) in [5.74, 6) is -0.0449. The number of fused-ring (bicyclic) bond motifs is 1. The number of aromatic carboxylic acids is 1.